The monoisotopic (exact) mass is 369 g/mol. The fraction of sp³-hybridized carbons (Fsp3) is 0.800. The quantitative estimate of drug-likeness (QED) is 0.792. The van der Waals surface area contributed by atoms with E-state index in [-0.39, 0.29) is 5.92 Å². The summed E-state index contributed by atoms with van der Waals surface area (Å²) in [6, 6.07) is 0. The standard InChI is InChI=1S/C5H10O2.Rf/c1-3-4(2)5(6)7;/h4H,3H2,1-2H3,(H,6,7);. The molecule has 0 heterocycles. The van der Waals surface area contributed by atoms with E-state index in [9.17, 15) is 4.79 Å². The molecule has 0 aromatic carbocycles. The average Bonchev–Trinajstić information content (AvgIpc) is 1.65. The summed E-state index contributed by atoms with van der Waals surface area (Å²) < 4.78 is 0. The smallest absolute Gasteiger partial charge is 0.306 e. The van der Waals surface area contributed by atoms with Gasteiger partial charge in [-0.1, -0.05) is 13.8 Å². The molecule has 1 atom stereocenters. The molecule has 0 aromatic rings. The Morgan fingerprint density at radius 1 is 1.75 bits per heavy atom. The predicted molar refractivity (Wildman–Crippen MR) is 27.1 cm³/mol. The van der Waals surface area contributed by atoms with Crippen molar-refractivity contribution in [3.63, 3.8) is 0 Å². The molecule has 0 aliphatic heterocycles. The van der Waals surface area contributed by atoms with Crippen molar-refractivity contribution < 1.29 is 9.90 Å². The van der Waals surface area contributed by atoms with E-state index in [2.05, 4.69) is 0 Å². The van der Waals surface area contributed by atoms with Gasteiger partial charge >= 0.3 is 5.97 Å². The van der Waals surface area contributed by atoms with Gasteiger partial charge in [0.25, 0.3) is 0 Å². The Balaban J connectivity index is 0. The van der Waals surface area contributed by atoms with E-state index in [1.54, 1.807) is 6.92 Å². The second-order valence-electron chi connectivity index (χ2n) is 1.65. The van der Waals surface area contributed by atoms with Crippen LogP contribution < -0.4 is 0 Å². The van der Waals surface area contributed by atoms with Gasteiger partial charge in [0.2, 0.25) is 0 Å². The minimum absolute atomic E-state index is 0. The zero-order valence-corrected chi connectivity index (χ0v) is 11.7. The number of hydrogen-bond acceptors (Lipinski definition) is 1. The summed E-state index contributed by atoms with van der Waals surface area (Å²) in [7, 11) is 0. The first-order chi connectivity index (χ1) is 3.18. The third-order valence-electron chi connectivity index (χ3n) is 1.03. The number of hydrogen-bond donors (Lipinski definition) is 1. The first-order valence-corrected chi connectivity index (χ1v) is 2.41. The van der Waals surface area contributed by atoms with E-state index in [1.807, 2.05) is 6.92 Å². The van der Waals surface area contributed by atoms with Crippen LogP contribution in [0.1, 0.15) is 20.3 Å². The Morgan fingerprint density at radius 2 is 2.12 bits per heavy atom. The SMILES string of the molecule is CCC(C)C(=O)O.[Rf]. The number of aliphatic carboxylic acids is 1. The van der Waals surface area contributed by atoms with Crippen LogP contribution in [0.3, 0.4) is 0 Å². The molecular weight excluding hydrogens is 359 g/mol. The van der Waals surface area contributed by atoms with Crippen LogP contribution in [0.4, 0.5) is 0 Å². The van der Waals surface area contributed by atoms with E-state index >= 15 is 0 Å². The van der Waals surface area contributed by atoms with Crippen LogP contribution in [0.5, 0.6) is 0 Å². The molecule has 1 N–H and O–H groups in total. The summed E-state index contributed by atoms with van der Waals surface area (Å²) in [5.74, 6) is -0.887. The fourth-order valence-electron chi connectivity index (χ4n) is 0.175. The van der Waals surface area contributed by atoms with Gasteiger partial charge in [0.05, 0.1) is 5.92 Å². The summed E-state index contributed by atoms with van der Waals surface area (Å²) >= 11 is 0. The molecule has 0 radical (unpaired) electrons. The van der Waals surface area contributed by atoms with E-state index in [0.29, 0.717) is 0 Å². The van der Waals surface area contributed by atoms with Crippen molar-refractivity contribution >= 4 is 5.97 Å². The Hall–Kier alpha value is -1.53. The van der Waals surface area contributed by atoms with Gasteiger partial charge in [0, 0.05) is 0 Å². The number of carbonyl (C=O) groups is 1. The first kappa shape index (κ1) is 9.69. The van der Waals surface area contributed by atoms with Crippen molar-refractivity contribution in [1.82, 2.24) is 0 Å². The molecule has 0 aliphatic rings. The van der Waals surface area contributed by atoms with Crippen LogP contribution in [0.15, 0.2) is 0 Å². The maximum Gasteiger partial charge on any atom is 0.306 e. The van der Waals surface area contributed by atoms with Gasteiger partial charge in [-0.05, 0) is 6.42 Å². The Morgan fingerprint density at radius 3 is 2.12 bits per heavy atom. The van der Waals surface area contributed by atoms with E-state index < -0.39 is 5.97 Å². The van der Waals surface area contributed by atoms with Crippen molar-refractivity contribution in [2.75, 3.05) is 0 Å². The van der Waals surface area contributed by atoms with Gasteiger partial charge in [-0.3, -0.25) is 4.79 Å². The second kappa shape index (κ2) is 3.65. The second-order valence-corrected chi connectivity index (χ2v) is 1.65. The zero-order chi connectivity index (χ0) is 5.86. The summed E-state index contributed by atoms with van der Waals surface area (Å²) in [6.07, 6.45) is 0.718. The summed E-state index contributed by atoms with van der Waals surface area (Å²) in [4.78, 5) is 9.93. The molecular formula is C5H10O2Rf. The molecule has 0 fully saturated rings. The molecule has 3 heteroatoms. The van der Waals surface area contributed by atoms with Crippen LogP contribution in [0, 0.1) is 5.92 Å². The molecule has 0 amide bonds. The summed E-state index contributed by atoms with van der Waals surface area (Å²) in [5, 5.41) is 8.18. The molecule has 0 aromatic heterocycles. The molecule has 1 unspecified atom stereocenters. The topological polar surface area (TPSA) is 37.3 Å². The van der Waals surface area contributed by atoms with Crippen LogP contribution in [0.2, 0.25) is 0 Å². The first-order valence-electron chi connectivity index (χ1n) is 2.41. The minimum Gasteiger partial charge on any atom is -0.481 e. The van der Waals surface area contributed by atoms with Crippen molar-refractivity contribution in [2.24, 2.45) is 5.92 Å². The van der Waals surface area contributed by atoms with Gasteiger partial charge < -0.3 is 5.11 Å². The third-order valence-corrected chi connectivity index (χ3v) is 1.03. The van der Waals surface area contributed by atoms with Crippen molar-refractivity contribution in [3.8, 4) is 0 Å². The maximum atomic E-state index is 9.93. The Bertz CT molecular complexity index is 72.8. The molecule has 0 saturated heterocycles. The van der Waals surface area contributed by atoms with E-state index in [4.69, 9.17) is 5.11 Å². The van der Waals surface area contributed by atoms with Crippen LogP contribution in [-0.4, -0.2) is 11.1 Å². The van der Waals surface area contributed by atoms with Gasteiger partial charge in [0.1, 0.15) is 0 Å². The molecule has 0 spiro atoms. The third kappa shape index (κ3) is 2.69. The van der Waals surface area contributed by atoms with E-state index in [0.717, 1.165) is 6.42 Å². The summed E-state index contributed by atoms with van der Waals surface area (Å²) in [5.41, 5.74) is 0. The Labute approximate surface area is 43.2 Å². The molecule has 44 valence electrons. The molecule has 0 saturated carbocycles. The van der Waals surface area contributed by atoms with Crippen molar-refractivity contribution in [3.05, 3.63) is 0 Å². The van der Waals surface area contributed by atoms with Crippen molar-refractivity contribution in [1.29, 1.82) is 0 Å². The summed E-state index contributed by atoms with van der Waals surface area (Å²) in [6.45, 7) is 3.56. The predicted octanol–water partition coefficient (Wildman–Crippen LogP) is 1.12. The van der Waals surface area contributed by atoms with Crippen molar-refractivity contribution in [2.45, 2.75) is 20.3 Å². The largest absolute Gasteiger partial charge is 0.481 e. The van der Waals surface area contributed by atoms with Gasteiger partial charge in [-0.25, -0.2) is 0 Å². The zero-order valence-electron chi connectivity index (χ0n) is 5.35. The fourth-order valence-corrected chi connectivity index (χ4v) is 0.175. The number of carboxylic acid groups (broad SMARTS) is 1. The molecule has 8 heavy (non-hydrogen) atoms. The van der Waals surface area contributed by atoms with Gasteiger partial charge in [0.15, 0.2) is 0 Å². The maximum absolute atomic E-state index is 9.93. The van der Waals surface area contributed by atoms with Crippen LogP contribution in [-0.2, 0) is 4.79 Å². The van der Waals surface area contributed by atoms with Crippen LogP contribution in [0.25, 0.3) is 0 Å². The van der Waals surface area contributed by atoms with Crippen LogP contribution >= 0.6 is 0 Å². The molecule has 0 bridgehead atoms. The normalized spacial score (nSPS) is 11.8. The van der Waals surface area contributed by atoms with Gasteiger partial charge in [-0.15, -0.1) is 0 Å². The minimum atomic E-state index is -0.706. The van der Waals surface area contributed by atoms with E-state index in [1.165, 1.54) is 0 Å². The average molecular weight is 369 g/mol. The number of carboxylic acids is 1. The molecule has 0 rings (SSSR count). The number of rotatable bonds is 2. The Kier molecular flexibility index (Phi) is 4.42. The van der Waals surface area contributed by atoms with Gasteiger partial charge in [-0.2, -0.15) is 0 Å². The molecule has 2 nitrogen and oxygen atoms in total. The molecule has 0 aliphatic carbocycles.